The Kier molecular flexibility index (Phi) is 5.31. The third-order valence-corrected chi connectivity index (χ3v) is 3.53. The number of hydrogen-bond acceptors (Lipinski definition) is 3. The molecule has 2 aromatic rings. The van der Waals surface area contributed by atoms with E-state index >= 15 is 0 Å². The van der Waals surface area contributed by atoms with Crippen molar-refractivity contribution < 1.29 is 14.6 Å². The zero-order valence-corrected chi connectivity index (χ0v) is 12.0. The van der Waals surface area contributed by atoms with Crippen LogP contribution < -0.4 is 5.32 Å². The molecule has 2 aromatic carbocycles. The SMILES string of the molecule is CCC(NCC(O)c1ccc(F)cc1)c1ccccc1O. The number of halogens is 1. The first-order valence-corrected chi connectivity index (χ1v) is 7.06. The van der Waals surface area contributed by atoms with E-state index in [-0.39, 0.29) is 17.6 Å². The van der Waals surface area contributed by atoms with Crippen LogP contribution in [0.15, 0.2) is 48.5 Å². The molecule has 0 saturated carbocycles. The number of nitrogens with one attached hydrogen (secondary N) is 1. The maximum atomic E-state index is 12.9. The lowest BCUT2D eigenvalue weighted by Gasteiger charge is -2.21. The highest BCUT2D eigenvalue weighted by atomic mass is 19.1. The molecular weight excluding hydrogens is 269 g/mol. The predicted molar refractivity (Wildman–Crippen MR) is 80.5 cm³/mol. The number of para-hydroxylation sites is 1. The quantitative estimate of drug-likeness (QED) is 0.764. The topological polar surface area (TPSA) is 52.5 Å². The number of hydrogen-bond donors (Lipinski definition) is 3. The summed E-state index contributed by atoms with van der Waals surface area (Å²) in [6.45, 7) is 2.34. The van der Waals surface area contributed by atoms with Crippen molar-refractivity contribution in [2.24, 2.45) is 0 Å². The van der Waals surface area contributed by atoms with Crippen LogP contribution in [0.25, 0.3) is 0 Å². The smallest absolute Gasteiger partial charge is 0.123 e. The lowest BCUT2D eigenvalue weighted by atomic mass is 10.0. The van der Waals surface area contributed by atoms with Crippen molar-refractivity contribution in [3.63, 3.8) is 0 Å². The summed E-state index contributed by atoms with van der Waals surface area (Å²) >= 11 is 0. The Morgan fingerprint density at radius 1 is 1.10 bits per heavy atom. The van der Waals surface area contributed by atoms with E-state index in [1.54, 1.807) is 24.3 Å². The molecule has 0 radical (unpaired) electrons. The summed E-state index contributed by atoms with van der Waals surface area (Å²) in [4.78, 5) is 0. The summed E-state index contributed by atoms with van der Waals surface area (Å²) < 4.78 is 12.9. The molecule has 0 bridgehead atoms. The molecule has 0 amide bonds. The van der Waals surface area contributed by atoms with Crippen molar-refractivity contribution in [2.75, 3.05) is 6.54 Å². The molecule has 2 rings (SSSR count). The normalized spacial score (nSPS) is 13.9. The minimum Gasteiger partial charge on any atom is -0.508 e. The number of rotatable bonds is 6. The molecule has 2 unspecified atom stereocenters. The zero-order valence-electron chi connectivity index (χ0n) is 12.0. The van der Waals surface area contributed by atoms with Crippen LogP contribution in [0.4, 0.5) is 4.39 Å². The highest BCUT2D eigenvalue weighted by molar-refractivity contribution is 5.34. The monoisotopic (exact) mass is 289 g/mol. The van der Waals surface area contributed by atoms with Gasteiger partial charge in [0.2, 0.25) is 0 Å². The number of aliphatic hydroxyl groups excluding tert-OH is 1. The van der Waals surface area contributed by atoms with Crippen LogP contribution in [0, 0.1) is 5.82 Å². The third kappa shape index (κ3) is 4.03. The molecule has 0 aliphatic heterocycles. The van der Waals surface area contributed by atoms with Gasteiger partial charge in [-0.25, -0.2) is 4.39 Å². The average molecular weight is 289 g/mol. The van der Waals surface area contributed by atoms with Gasteiger partial charge in [0.1, 0.15) is 11.6 Å². The maximum absolute atomic E-state index is 12.9. The second-order valence-electron chi connectivity index (χ2n) is 5.00. The molecule has 0 fully saturated rings. The molecule has 0 saturated heterocycles. The van der Waals surface area contributed by atoms with E-state index in [1.807, 2.05) is 19.1 Å². The fourth-order valence-corrected chi connectivity index (χ4v) is 2.31. The summed E-state index contributed by atoms with van der Waals surface area (Å²) in [5.41, 5.74) is 1.47. The Morgan fingerprint density at radius 2 is 1.76 bits per heavy atom. The van der Waals surface area contributed by atoms with E-state index in [2.05, 4.69) is 5.32 Å². The second-order valence-corrected chi connectivity index (χ2v) is 5.00. The van der Waals surface area contributed by atoms with Gasteiger partial charge >= 0.3 is 0 Å². The van der Waals surface area contributed by atoms with Gasteiger partial charge < -0.3 is 15.5 Å². The Morgan fingerprint density at radius 3 is 2.38 bits per heavy atom. The summed E-state index contributed by atoms with van der Waals surface area (Å²) in [7, 11) is 0. The highest BCUT2D eigenvalue weighted by Gasteiger charge is 2.15. The van der Waals surface area contributed by atoms with Crippen LogP contribution in [0.5, 0.6) is 5.75 Å². The van der Waals surface area contributed by atoms with E-state index in [0.717, 1.165) is 12.0 Å². The summed E-state index contributed by atoms with van der Waals surface area (Å²) in [5.74, 6) is -0.0762. The summed E-state index contributed by atoms with van der Waals surface area (Å²) in [5, 5.41) is 23.2. The van der Waals surface area contributed by atoms with Crippen LogP contribution in [0.1, 0.15) is 36.6 Å². The minimum atomic E-state index is -0.717. The number of aliphatic hydroxyl groups is 1. The fraction of sp³-hybridized carbons (Fsp3) is 0.294. The van der Waals surface area contributed by atoms with Gasteiger partial charge in [0.15, 0.2) is 0 Å². The molecule has 0 aromatic heterocycles. The molecule has 0 heterocycles. The van der Waals surface area contributed by atoms with Gasteiger partial charge in [-0.1, -0.05) is 37.3 Å². The van der Waals surface area contributed by atoms with E-state index in [9.17, 15) is 14.6 Å². The van der Waals surface area contributed by atoms with Crippen LogP contribution in [0.2, 0.25) is 0 Å². The first-order chi connectivity index (χ1) is 10.1. The molecular formula is C17H20FNO2. The summed E-state index contributed by atoms with van der Waals surface area (Å²) in [6.07, 6.45) is 0.0683. The molecule has 112 valence electrons. The van der Waals surface area contributed by atoms with E-state index in [0.29, 0.717) is 12.1 Å². The van der Waals surface area contributed by atoms with Gasteiger partial charge in [-0.3, -0.25) is 0 Å². The number of aromatic hydroxyl groups is 1. The standard InChI is InChI=1S/C17H20FNO2/c1-2-15(14-5-3-4-6-16(14)20)19-11-17(21)12-7-9-13(18)10-8-12/h3-10,15,17,19-21H,2,11H2,1H3. The van der Waals surface area contributed by atoms with E-state index in [4.69, 9.17) is 0 Å². The van der Waals surface area contributed by atoms with Crippen LogP contribution in [-0.2, 0) is 0 Å². The lowest BCUT2D eigenvalue weighted by Crippen LogP contribution is -2.26. The molecule has 0 aliphatic carbocycles. The molecule has 4 heteroatoms. The van der Waals surface area contributed by atoms with Crippen LogP contribution in [-0.4, -0.2) is 16.8 Å². The van der Waals surface area contributed by atoms with Crippen molar-refractivity contribution in [1.29, 1.82) is 0 Å². The molecule has 0 spiro atoms. The van der Waals surface area contributed by atoms with E-state index < -0.39 is 6.10 Å². The molecule has 3 N–H and O–H groups in total. The van der Waals surface area contributed by atoms with Gasteiger partial charge in [-0.15, -0.1) is 0 Å². The van der Waals surface area contributed by atoms with Gasteiger partial charge in [0.25, 0.3) is 0 Å². The Labute approximate surface area is 124 Å². The first kappa shape index (κ1) is 15.5. The van der Waals surface area contributed by atoms with Crippen molar-refractivity contribution in [3.05, 3.63) is 65.5 Å². The lowest BCUT2D eigenvalue weighted by molar-refractivity contribution is 0.169. The number of benzene rings is 2. The highest BCUT2D eigenvalue weighted by Crippen LogP contribution is 2.26. The van der Waals surface area contributed by atoms with Crippen molar-refractivity contribution in [3.8, 4) is 5.75 Å². The van der Waals surface area contributed by atoms with Gasteiger partial charge in [-0.2, -0.15) is 0 Å². The number of phenols is 1. The zero-order chi connectivity index (χ0) is 15.2. The second kappa shape index (κ2) is 7.20. The Hall–Kier alpha value is -1.91. The number of phenolic OH excluding ortho intramolecular Hbond substituents is 1. The molecule has 21 heavy (non-hydrogen) atoms. The van der Waals surface area contributed by atoms with Gasteiger partial charge in [0, 0.05) is 18.2 Å². The summed E-state index contributed by atoms with van der Waals surface area (Å²) in [6, 6.07) is 12.9. The third-order valence-electron chi connectivity index (χ3n) is 3.53. The van der Waals surface area contributed by atoms with Crippen molar-refractivity contribution >= 4 is 0 Å². The van der Waals surface area contributed by atoms with E-state index in [1.165, 1.54) is 12.1 Å². The van der Waals surface area contributed by atoms with Crippen LogP contribution in [0.3, 0.4) is 0 Å². The van der Waals surface area contributed by atoms with Crippen molar-refractivity contribution in [2.45, 2.75) is 25.5 Å². The predicted octanol–water partition coefficient (Wildman–Crippen LogP) is 3.31. The largest absolute Gasteiger partial charge is 0.508 e. The van der Waals surface area contributed by atoms with Gasteiger partial charge in [0.05, 0.1) is 6.10 Å². The average Bonchev–Trinajstić information content (AvgIpc) is 2.50. The van der Waals surface area contributed by atoms with Crippen LogP contribution >= 0.6 is 0 Å². The van der Waals surface area contributed by atoms with Gasteiger partial charge in [-0.05, 0) is 30.2 Å². The Balaban J connectivity index is 2.00. The molecule has 3 nitrogen and oxygen atoms in total. The minimum absolute atomic E-state index is 0.0405. The Bertz CT molecular complexity index is 571. The van der Waals surface area contributed by atoms with Crippen molar-refractivity contribution in [1.82, 2.24) is 5.32 Å². The first-order valence-electron chi connectivity index (χ1n) is 7.06. The maximum Gasteiger partial charge on any atom is 0.123 e. The molecule has 0 aliphatic rings. The fourth-order valence-electron chi connectivity index (χ4n) is 2.31. The molecule has 2 atom stereocenters.